The van der Waals surface area contributed by atoms with Gasteiger partial charge in [0.15, 0.2) is 5.69 Å². The third-order valence-electron chi connectivity index (χ3n) is 2.28. The van der Waals surface area contributed by atoms with E-state index in [2.05, 4.69) is 9.97 Å². The first-order chi connectivity index (χ1) is 8.49. The minimum absolute atomic E-state index is 0.00241. The first-order valence-electron chi connectivity index (χ1n) is 4.91. The number of rotatable bonds is 2. The third kappa shape index (κ3) is 2.28. The highest BCUT2D eigenvalue weighted by Crippen LogP contribution is 2.32. The summed E-state index contributed by atoms with van der Waals surface area (Å²) in [6, 6.07) is 4.07. The molecule has 0 amide bonds. The van der Waals surface area contributed by atoms with Gasteiger partial charge in [0.25, 0.3) is 0 Å². The Morgan fingerprint density at radius 3 is 2.67 bits per heavy atom. The predicted molar refractivity (Wildman–Crippen MR) is 63.8 cm³/mol. The fraction of sp³-hybridized carbons (Fsp3) is 0.0909. The Morgan fingerprint density at radius 1 is 1.33 bits per heavy atom. The quantitative estimate of drug-likeness (QED) is 0.476. The van der Waals surface area contributed by atoms with E-state index >= 15 is 0 Å². The molecule has 0 bridgehead atoms. The van der Waals surface area contributed by atoms with Crippen LogP contribution in [0.25, 0.3) is 11.3 Å². The van der Waals surface area contributed by atoms with Crippen LogP contribution in [0, 0.1) is 22.9 Å². The first-order valence-corrected chi connectivity index (χ1v) is 5.29. The highest BCUT2D eigenvalue weighted by molar-refractivity contribution is 6.31. The van der Waals surface area contributed by atoms with E-state index in [1.165, 1.54) is 12.1 Å². The molecule has 5 nitrogen and oxygen atoms in total. The van der Waals surface area contributed by atoms with Crippen molar-refractivity contribution in [1.82, 2.24) is 9.97 Å². The zero-order valence-corrected chi connectivity index (χ0v) is 9.98. The summed E-state index contributed by atoms with van der Waals surface area (Å²) in [5.74, 6) is -0.492. The second kappa shape index (κ2) is 4.66. The minimum Gasteiger partial charge on any atom is -0.258 e. The van der Waals surface area contributed by atoms with E-state index in [1.54, 1.807) is 13.0 Å². The third-order valence-corrected chi connectivity index (χ3v) is 2.55. The molecular formula is C11H7ClFN3O2. The lowest BCUT2D eigenvalue weighted by molar-refractivity contribution is -0.384. The Morgan fingerprint density at radius 2 is 2.06 bits per heavy atom. The van der Waals surface area contributed by atoms with Crippen molar-refractivity contribution in [3.05, 3.63) is 51.2 Å². The summed E-state index contributed by atoms with van der Waals surface area (Å²) in [6.07, 6.45) is 1.10. The Bertz CT molecular complexity index is 613. The maximum atomic E-state index is 13.3. The van der Waals surface area contributed by atoms with Crippen molar-refractivity contribution in [1.29, 1.82) is 0 Å². The molecule has 0 fully saturated rings. The van der Waals surface area contributed by atoms with Gasteiger partial charge >= 0.3 is 5.69 Å². The molecule has 0 aliphatic rings. The van der Waals surface area contributed by atoms with Crippen LogP contribution in [-0.2, 0) is 0 Å². The van der Waals surface area contributed by atoms with Gasteiger partial charge in [-0.25, -0.2) is 14.4 Å². The van der Waals surface area contributed by atoms with Gasteiger partial charge in [0.2, 0.25) is 5.15 Å². The maximum Gasteiger partial charge on any atom is 0.332 e. The smallest absolute Gasteiger partial charge is 0.258 e. The van der Waals surface area contributed by atoms with E-state index in [0.717, 1.165) is 6.33 Å². The summed E-state index contributed by atoms with van der Waals surface area (Å²) in [4.78, 5) is 17.6. The van der Waals surface area contributed by atoms with E-state index in [1.807, 2.05) is 0 Å². The van der Waals surface area contributed by atoms with Crippen LogP contribution >= 0.6 is 11.6 Å². The van der Waals surface area contributed by atoms with Crippen LogP contribution in [0.3, 0.4) is 0 Å². The number of hydrogen-bond donors (Lipinski definition) is 0. The van der Waals surface area contributed by atoms with Gasteiger partial charge in [-0.1, -0.05) is 11.6 Å². The molecule has 0 unspecified atom stereocenters. The molecule has 0 saturated carbocycles. The van der Waals surface area contributed by atoms with E-state index in [9.17, 15) is 14.5 Å². The van der Waals surface area contributed by atoms with Crippen molar-refractivity contribution in [2.75, 3.05) is 0 Å². The number of aryl methyl sites for hydroxylation is 1. The zero-order valence-electron chi connectivity index (χ0n) is 9.22. The van der Waals surface area contributed by atoms with Gasteiger partial charge in [-0.05, 0) is 30.7 Å². The Kier molecular flexibility index (Phi) is 3.20. The fourth-order valence-electron chi connectivity index (χ4n) is 1.60. The Labute approximate surface area is 106 Å². The van der Waals surface area contributed by atoms with Crippen LogP contribution < -0.4 is 0 Å². The molecule has 2 aromatic rings. The SMILES string of the molecule is Cc1cc(F)cc(-c2ncnc(Cl)c2[N+](=O)[O-])c1. The molecule has 92 valence electrons. The molecule has 1 aromatic carbocycles. The zero-order chi connectivity index (χ0) is 13.3. The number of halogens is 2. The van der Waals surface area contributed by atoms with Gasteiger partial charge in [-0.3, -0.25) is 10.1 Å². The Balaban J connectivity index is 2.71. The van der Waals surface area contributed by atoms with Gasteiger partial charge in [-0.2, -0.15) is 0 Å². The lowest BCUT2D eigenvalue weighted by Crippen LogP contribution is -1.98. The largest absolute Gasteiger partial charge is 0.332 e. The molecule has 0 N–H and O–H groups in total. The molecule has 1 heterocycles. The fourth-order valence-corrected chi connectivity index (χ4v) is 1.81. The van der Waals surface area contributed by atoms with Gasteiger partial charge < -0.3 is 0 Å². The predicted octanol–water partition coefficient (Wildman–Crippen LogP) is 3.15. The topological polar surface area (TPSA) is 68.9 Å². The number of aromatic nitrogens is 2. The van der Waals surface area contributed by atoms with Crippen molar-refractivity contribution in [3.8, 4) is 11.3 Å². The lowest BCUT2D eigenvalue weighted by atomic mass is 10.1. The Hall–Kier alpha value is -2.08. The summed E-state index contributed by atoms with van der Waals surface area (Å²) in [7, 11) is 0. The van der Waals surface area contributed by atoms with Crippen LogP contribution in [0.15, 0.2) is 24.5 Å². The van der Waals surface area contributed by atoms with Crippen LogP contribution in [0.1, 0.15) is 5.56 Å². The monoisotopic (exact) mass is 267 g/mol. The summed E-state index contributed by atoms with van der Waals surface area (Å²) < 4.78 is 13.3. The van der Waals surface area contributed by atoms with Crippen LogP contribution in [0.4, 0.5) is 10.1 Å². The summed E-state index contributed by atoms with van der Waals surface area (Å²) in [6.45, 7) is 1.68. The highest BCUT2D eigenvalue weighted by Gasteiger charge is 2.22. The summed E-state index contributed by atoms with van der Waals surface area (Å²) in [5.41, 5.74) is 0.504. The minimum atomic E-state index is -0.683. The van der Waals surface area contributed by atoms with Gasteiger partial charge in [-0.15, -0.1) is 0 Å². The molecule has 0 aliphatic heterocycles. The van der Waals surface area contributed by atoms with E-state index < -0.39 is 16.4 Å². The molecule has 0 spiro atoms. The second-order valence-electron chi connectivity index (χ2n) is 3.64. The molecule has 7 heteroatoms. The molecule has 2 rings (SSSR count). The molecule has 0 radical (unpaired) electrons. The first kappa shape index (κ1) is 12.4. The van der Waals surface area contributed by atoms with E-state index in [-0.39, 0.29) is 10.8 Å². The highest BCUT2D eigenvalue weighted by atomic mass is 35.5. The molecular weight excluding hydrogens is 261 g/mol. The normalized spacial score (nSPS) is 10.4. The van der Waals surface area contributed by atoms with Gasteiger partial charge in [0, 0.05) is 5.56 Å². The molecule has 0 aliphatic carbocycles. The molecule has 18 heavy (non-hydrogen) atoms. The number of hydrogen-bond acceptors (Lipinski definition) is 4. The molecule has 1 aromatic heterocycles. The standard InChI is InChI=1S/C11H7ClFN3O2/c1-6-2-7(4-8(13)3-6)9-10(16(17)18)11(12)15-5-14-9/h2-5H,1H3. The van der Waals surface area contributed by atoms with Crippen molar-refractivity contribution >= 4 is 17.3 Å². The van der Waals surface area contributed by atoms with Crippen LogP contribution in [0.2, 0.25) is 5.15 Å². The number of benzene rings is 1. The average Bonchev–Trinajstić information content (AvgIpc) is 2.26. The average molecular weight is 268 g/mol. The van der Waals surface area contributed by atoms with E-state index in [4.69, 9.17) is 11.6 Å². The van der Waals surface area contributed by atoms with Crippen molar-refractivity contribution in [2.45, 2.75) is 6.92 Å². The van der Waals surface area contributed by atoms with Crippen LogP contribution in [-0.4, -0.2) is 14.9 Å². The number of nitrogens with zero attached hydrogens (tertiary/aromatic N) is 3. The van der Waals surface area contributed by atoms with E-state index in [0.29, 0.717) is 11.1 Å². The van der Waals surface area contributed by atoms with Crippen molar-refractivity contribution in [2.24, 2.45) is 0 Å². The molecule has 0 saturated heterocycles. The van der Waals surface area contributed by atoms with Gasteiger partial charge in [0.05, 0.1) is 4.92 Å². The summed E-state index contributed by atoms with van der Waals surface area (Å²) in [5, 5.41) is 10.7. The van der Waals surface area contributed by atoms with Gasteiger partial charge in [0.1, 0.15) is 12.1 Å². The number of nitro groups is 1. The van der Waals surface area contributed by atoms with Crippen molar-refractivity contribution in [3.63, 3.8) is 0 Å². The molecule has 0 atom stereocenters. The second-order valence-corrected chi connectivity index (χ2v) is 3.99. The summed E-state index contributed by atoms with van der Waals surface area (Å²) >= 11 is 5.67. The maximum absolute atomic E-state index is 13.3. The van der Waals surface area contributed by atoms with Crippen molar-refractivity contribution < 1.29 is 9.31 Å². The lowest BCUT2D eigenvalue weighted by Gasteiger charge is -2.04. The van der Waals surface area contributed by atoms with Crippen LogP contribution in [0.5, 0.6) is 0 Å².